The summed E-state index contributed by atoms with van der Waals surface area (Å²) in [6, 6.07) is 11.6. The number of thiophene rings is 1. The third-order valence-electron chi connectivity index (χ3n) is 3.25. The molecule has 0 aliphatic rings. The van der Waals surface area contributed by atoms with E-state index in [0.29, 0.717) is 5.13 Å². The number of rotatable bonds is 5. The van der Waals surface area contributed by atoms with Gasteiger partial charge in [0.25, 0.3) is 5.91 Å². The van der Waals surface area contributed by atoms with Crippen LogP contribution in [-0.2, 0) is 4.79 Å². The van der Waals surface area contributed by atoms with Gasteiger partial charge in [0.1, 0.15) is 5.75 Å². The number of anilines is 1. The van der Waals surface area contributed by atoms with Crippen LogP contribution in [0.5, 0.6) is 5.75 Å². The van der Waals surface area contributed by atoms with E-state index in [1.54, 1.807) is 11.3 Å². The quantitative estimate of drug-likeness (QED) is 0.741. The molecule has 0 fully saturated rings. The molecule has 0 aliphatic heterocycles. The van der Waals surface area contributed by atoms with Crippen molar-refractivity contribution in [3.63, 3.8) is 0 Å². The lowest BCUT2D eigenvalue weighted by molar-refractivity contribution is -0.118. The van der Waals surface area contributed by atoms with Gasteiger partial charge in [0.2, 0.25) is 0 Å². The molecular weight excluding hydrogens is 328 g/mol. The maximum atomic E-state index is 12.0. The van der Waals surface area contributed by atoms with Gasteiger partial charge in [0, 0.05) is 4.88 Å². The molecule has 1 amide bonds. The van der Waals surface area contributed by atoms with E-state index in [4.69, 9.17) is 4.74 Å². The second-order valence-corrected chi connectivity index (χ2v) is 7.15. The highest BCUT2D eigenvalue weighted by Crippen LogP contribution is 2.32. The van der Waals surface area contributed by atoms with Crippen LogP contribution in [0.15, 0.2) is 41.8 Å². The van der Waals surface area contributed by atoms with E-state index < -0.39 is 0 Å². The van der Waals surface area contributed by atoms with Crippen LogP contribution in [0.1, 0.15) is 10.4 Å². The van der Waals surface area contributed by atoms with Gasteiger partial charge in [-0.1, -0.05) is 24.3 Å². The summed E-state index contributed by atoms with van der Waals surface area (Å²) in [7, 11) is 0. The highest BCUT2D eigenvalue weighted by molar-refractivity contribution is 7.17. The number of amides is 1. The minimum Gasteiger partial charge on any atom is -0.483 e. The van der Waals surface area contributed by atoms with Crippen molar-refractivity contribution in [3.8, 4) is 16.3 Å². The van der Waals surface area contributed by atoms with Gasteiger partial charge in [-0.2, -0.15) is 0 Å². The Bertz CT molecular complexity index is 810. The van der Waals surface area contributed by atoms with Gasteiger partial charge in [-0.3, -0.25) is 10.1 Å². The van der Waals surface area contributed by atoms with E-state index in [2.05, 4.69) is 10.3 Å². The van der Waals surface area contributed by atoms with Crippen molar-refractivity contribution in [2.24, 2.45) is 0 Å². The van der Waals surface area contributed by atoms with Crippen molar-refractivity contribution in [2.75, 3.05) is 11.9 Å². The fourth-order valence-corrected chi connectivity index (χ4v) is 3.79. The zero-order chi connectivity index (χ0) is 16.2. The lowest BCUT2D eigenvalue weighted by Gasteiger charge is -2.07. The third-order valence-corrected chi connectivity index (χ3v) is 5.01. The Morgan fingerprint density at radius 3 is 2.78 bits per heavy atom. The van der Waals surface area contributed by atoms with Crippen LogP contribution in [0, 0.1) is 13.8 Å². The summed E-state index contributed by atoms with van der Waals surface area (Å²) >= 11 is 3.11. The van der Waals surface area contributed by atoms with Crippen LogP contribution in [0.4, 0.5) is 5.13 Å². The SMILES string of the molecule is Cc1ccccc1OCC(=O)Nc1nc(-c2cccs2)c(C)s1. The highest BCUT2D eigenvalue weighted by Gasteiger charge is 2.13. The zero-order valence-corrected chi connectivity index (χ0v) is 14.5. The number of carbonyl (C=O) groups excluding carboxylic acids is 1. The molecule has 0 saturated heterocycles. The van der Waals surface area contributed by atoms with Gasteiger partial charge in [-0.05, 0) is 36.9 Å². The number of aryl methyl sites for hydroxylation is 2. The Morgan fingerprint density at radius 2 is 2.04 bits per heavy atom. The van der Waals surface area contributed by atoms with Crippen molar-refractivity contribution >= 4 is 33.7 Å². The predicted octanol–water partition coefficient (Wildman–Crippen LogP) is 4.51. The first kappa shape index (κ1) is 15.7. The summed E-state index contributed by atoms with van der Waals surface area (Å²) in [6.07, 6.45) is 0. The molecular formula is C17H16N2O2S2. The fraction of sp³-hybridized carbons (Fsp3) is 0.176. The molecule has 0 radical (unpaired) electrons. The number of thiazole rings is 1. The lowest BCUT2D eigenvalue weighted by Crippen LogP contribution is -2.20. The predicted molar refractivity (Wildman–Crippen MR) is 95.5 cm³/mol. The summed E-state index contributed by atoms with van der Waals surface area (Å²) in [5.41, 5.74) is 1.94. The molecule has 0 atom stereocenters. The van der Waals surface area contributed by atoms with Crippen molar-refractivity contribution < 1.29 is 9.53 Å². The molecule has 3 aromatic rings. The first-order valence-electron chi connectivity index (χ1n) is 7.13. The number of ether oxygens (including phenoxy) is 1. The summed E-state index contributed by atoms with van der Waals surface area (Å²) in [5, 5.41) is 5.42. The monoisotopic (exact) mass is 344 g/mol. The van der Waals surface area contributed by atoms with E-state index in [1.165, 1.54) is 11.3 Å². The Morgan fingerprint density at radius 1 is 1.22 bits per heavy atom. The molecule has 1 N–H and O–H groups in total. The van der Waals surface area contributed by atoms with Gasteiger partial charge in [-0.15, -0.1) is 22.7 Å². The Hall–Kier alpha value is -2.18. The highest BCUT2D eigenvalue weighted by atomic mass is 32.1. The number of para-hydroxylation sites is 1. The van der Waals surface area contributed by atoms with Crippen LogP contribution in [-0.4, -0.2) is 17.5 Å². The van der Waals surface area contributed by atoms with Crippen molar-refractivity contribution in [1.82, 2.24) is 4.98 Å². The lowest BCUT2D eigenvalue weighted by atomic mass is 10.2. The number of nitrogens with one attached hydrogen (secondary N) is 1. The van der Waals surface area contributed by atoms with E-state index in [0.717, 1.165) is 26.8 Å². The zero-order valence-electron chi connectivity index (χ0n) is 12.8. The average molecular weight is 344 g/mol. The number of carbonyl (C=O) groups is 1. The minimum atomic E-state index is -0.209. The topological polar surface area (TPSA) is 51.2 Å². The van der Waals surface area contributed by atoms with Crippen LogP contribution in [0.25, 0.3) is 10.6 Å². The number of hydrogen-bond donors (Lipinski definition) is 1. The molecule has 4 nitrogen and oxygen atoms in total. The van der Waals surface area contributed by atoms with Gasteiger partial charge in [0.15, 0.2) is 11.7 Å². The largest absolute Gasteiger partial charge is 0.483 e. The molecule has 3 rings (SSSR count). The molecule has 2 aromatic heterocycles. The summed E-state index contributed by atoms with van der Waals surface area (Å²) in [6.45, 7) is 3.93. The van der Waals surface area contributed by atoms with E-state index in [1.807, 2.05) is 55.6 Å². The third kappa shape index (κ3) is 3.78. The molecule has 6 heteroatoms. The molecule has 2 heterocycles. The van der Waals surface area contributed by atoms with Crippen molar-refractivity contribution in [2.45, 2.75) is 13.8 Å². The van der Waals surface area contributed by atoms with E-state index in [-0.39, 0.29) is 12.5 Å². The molecule has 1 aromatic carbocycles. The standard InChI is InChI=1S/C17H16N2O2S2/c1-11-6-3-4-7-13(11)21-10-15(20)18-17-19-16(12(2)23-17)14-8-5-9-22-14/h3-9H,10H2,1-2H3,(H,18,19,20). The normalized spacial score (nSPS) is 10.5. The maximum Gasteiger partial charge on any atom is 0.264 e. The van der Waals surface area contributed by atoms with Crippen LogP contribution < -0.4 is 10.1 Å². The molecule has 118 valence electrons. The second kappa shape index (κ2) is 6.93. The second-order valence-electron chi connectivity index (χ2n) is 5.00. The Balaban J connectivity index is 1.62. The van der Waals surface area contributed by atoms with Gasteiger partial charge in [-0.25, -0.2) is 4.98 Å². The van der Waals surface area contributed by atoms with Crippen molar-refractivity contribution in [1.29, 1.82) is 0 Å². The number of nitrogens with zero attached hydrogens (tertiary/aromatic N) is 1. The number of benzene rings is 1. The summed E-state index contributed by atoms with van der Waals surface area (Å²) in [4.78, 5) is 18.7. The van der Waals surface area contributed by atoms with Crippen LogP contribution in [0.3, 0.4) is 0 Å². The summed E-state index contributed by atoms with van der Waals surface area (Å²) < 4.78 is 5.55. The Labute approximate surface area is 142 Å². The van der Waals surface area contributed by atoms with Gasteiger partial charge in [0.05, 0.1) is 10.6 Å². The molecule has 0 saturated carbocycles. The molecule has 0 unspecified atom stereocenters. The van der Waals surface area contributed by atoms with Crippen LogP contribution >= 0.6 is 22.7 Å². The number of hydrogen-bond acceptors (Lipinski definition) is 5. The molecule has 0 bridgehead atoms. The molecule has 0 aliphatic carbocycles. The summed E-state index contributed by atoms with van der Waals surface area (Å²) in [5.74, 6) is 0.511. The maximum absolute atomic E-state index is 12.0. The smallest absolute Gasteiger partial charge is 0.264 e. The first-order chi connectivity index (χ1) is 11.1. The van der Waals surface area contributed by atoms with E-state index >= 15 is 0 Å². The van der Waals surface area contributed by atoms with Crippen LogP contribution in [0.2, 0.25) is 0 Å². The number of aromatic nitrogens is 1. The van der Waals surface area contributed by atoms with Crippen molar-refractivity contribution in [3.05, 3.63) is 52.2 Å². The average Bonchev–Trinajstić information content (AvgIpc) is 3.16. The molecule has 0 spiro atoms. The van der Waals surface area contributed by atoms with E-state index in [9.17, 15) is 4.79 Å². The minimum absolute atomic E-state index is 0.0299. The van der Waals surface area contributed by atoms with Gasteiger partial charge >= 0.3 is 0 Å². The van der Waals surface area contributed by atoms with Gasteiger partial charge < -0.3 is 4.74 Å². The fourth-order valence-electron chi connectivity index (χ4n) is 2.11. The Kier molecular flexibility index (Phi) is 4.73. The first-order valence-corrected chi connectivity index (χ1v) is 8.82. The molecule has 23 heavy (non-hydrogen) atoms.